The van der Waals surface area contributed by atoms with Crippen molar-refractivity contribution in [1.29, 1.82) is 0 Å². The molecule has 0 spiro atoms. The van der Waals surface area contributed by atoms with E-state index in [4.69, 9.17) is 19.5 Å². The summed E-state index contributed by atoms with van der Waals surface area (Å²) in [5.41, 5.74) is 3.38. The van der Waals surface area contributed by atoms with Crippen LogP contribution in [0, 0.1) is 0 Å². The Hall–Kier alpha value is -2.90. The molecule has 8 heteroatoms. The Morgan fingerprint density at radius 1 is 0.731 bits per heavy atom. The van der Waals surface area contributed by atoms with Crippen LogP contribution in [0.3, 0.4) is 0 Å². The Morgan fingerprint density at radius 2 is 1.23 bits per heavy atom. The molecule has 0 bridgehead atoms. The van der Waals surface area contributed by atoms with Crippen LogP contribution >= 0.6 is 10.7 Å². The lowest BCUT2D eigenvalue weighted by atomic mass is 10.2. The van der Waals surface area contributed by atoms with Gasteiger partial charge in [-0.15, -0.1) is 0 Å². The summed E-state index contributed by atoms with van der Waals surface area (Å²) in [6.45, 7) is 0. The minimum absolute atomic E-state index is 0.0661. The van der Waals surface area contributed by atoms with Crippen LogP contribution in [0.25, 0.3) is 22.5 Å². The quantitative estimate of drug-likeness (QED) is 0.476. The Kier molecular flexibility index (Phi) is 5.50. The van der Waals surface area contributed by atoms with Gasteiger partial charge in [-0.05, 0) is 12.1 Å². The first-order chi connectivity index (χ1) is 12.5. The molecule has 0 saturated heterocycles. The zero-order valence-electron chi connectivity index (χ0n) is 13.3. The van der Waals surface area contributed by atoms with Gasteiger partial charge in [0.05, 0.1) is 4.90 Å². The molecule has 26 heavy (non-hydrogen) atoms. The largest absolute Gasteiger partial charge is 0.451 e. The van der Waals surface area contributed by atoms with Crippen molar-refractivity contribution in [1.82, 2.24) is 9.97 Å². The summed E-state index contributed by atoms with van der Waals surface area (Å²) >= 11 is 0. The number of oxazole rings is 2. The predicted molar refractivity (Wildman–Crippen MR) is 96.9 cm³/mol. The molecule has 2 aromatic carbocycles. The molecule has 132 valence electrons. The highest BCUT2D eigenvalue weighted by Gasteiger charge is 2.09. The van der Waals surface area contributed by atoms with Gasteiger partial charge in [0.2, 0.25) is 0 Å². The molecule has 0 N–H and O–H groups in total. The van der Waals surface area contributed by atoms with Crippen LogP contribution in [0.15, 0.2) is 93.6 Å². The fourth-order valence-electron chi connectivity index (χ4n) is 2.11. The van der Waals surface area contributed by atoms with Gasteiger partial charge in [-0.3, -0.25) is 0 Å². The zero-order valence-corrected chi connectivity index (χ0v) is 14.9. The molecule has 6 nitrogen and oxygen atoms in total. The minimum atomic E-state index is -3.66. The highest BCUT2D eigenvalue weighted by Crippen LogP contribution is 2.21. The number of halogens is 1. The normalized spacial score (nSPS) is 10.8. The highest BCUT2D eigenvalue weighted by atomic mass is 35.7. The zero-order chi connectivity index (χ0) is 18.4. The molecular formula is C18H13ClN2O4S. The number of nitrogens with zero attached hydrogens (tertiary/aromatic N) is 2. The molecule has 4 aromatic rings. The second kappa shape index (κ2) is 7.99. The Balaban J connectivity index is 0.000000158. The van der Waals surface area contributed by atoms with Crippen LogP contribution < -0.4 is 0 Å². The van der Waals surface area contributed by atoms with Crippen molar-refractivity contribution in [2.45, 2.75) is 4.90 Å². The number of rotatable bonds is 3. The summed E-state index contributed by atoms with van der Waals surface area (Å²) in [6.07, 6.45) is 5.85. The van der Waals surface area contributed by atoms with Gasteiger partial charge in [-0.2, -0.15) is 0 Å². The first kappa shape index (κ1) is 17.9. The van der Waals surface area contributed by atoms with E-state index in [1.54, 1.807) is 18.4 Å². The predicted octanol–water partition coefficient (Wildman–Crippen LogP) is 4.61. The number of benzene rings is 2. The summed E-state index contributed by atoms with van der Waals surface area (Å²) in [7, 11) is 1.51. The molecule has 0 unspecified atom stereocenters. The maximum atomic E-state index is 11.0. The first-order valence-electron chi connectivity index (χ1n) is 7.41. The molecule has 0 aliphatic rings. The van der Waals surface area contributed by atoms with Crippen LogP contribution in [-0.2, 0) is 9.05 Å². The van der Waals surface area contributed by atoms with Crippen LogP contribution in [-0.4, -0.2) is 18.4 Å². The molecule has 0 amide bonds. The standard InChI is InChI=1S/C9H6ClNO3S.C9H7NO/c10-15(12,13)8-3-1-7(2-4-8)9-5-14-6-11-9;1-2-4-8(5-3-1)9-6-11-7-10-9/h1-6H;1-7H. The molecule has 4 rings (SSSR count). The van der Waals surface area contributed by atoms with Crippen LogP contribution in [0.5, 0.6) is 0 Å². The van der Waals surface area contributed by atoms with Crippen molar-refractivity contribution in [2.24, 2.45) is 0 Å². The molecule has 2 heterocycles. The van der Waals surface area contributed by atoms with Gasteiger partial charge in [0.25, 0.3) is 9.05 Å². The van der Waals surface area contributed by atoms with E-state index in [1.165, 1.54) is 31.2 Å². The Bertz CT molecular complexity index is 1030. The summed E-state index contributed by atoms with van der Waals surface area (Å²) in [6, 6.07) is 16.0. The summed E-state index contributed by atoms with van der Waals surface area (Å²) < 4.78 is 31.6. The molecular weight excluding hydrogens is 376 g/mol. The van der Waals surface area contributed by atoms with Crippen LogP contribution in [0.2, 0.25) is 0 Å². The second-order valence-electron chi connectivity index (χ2n) is 5.08. The molecule has 0 radical (unpaired) electrons. The maximum Gasteiger partial charge on any atom is 0.261 e. The van der Waals surface area contributed by atoms with E-state index < -0.39 is 9.05 Å². The van der Waals surface area contributed by atoms with E-state index in [0.717, 1.165) is 16.8 Å². The van der Waals surface area contributed by atoms with Crippen molar-refractivity contribution in [3.05, 3.63) is 79.9 Å². The average Bonchev–Trinajstić information content (AvgIpc) is 3.36. The van der Waals surface area contributed by atoms with Crippen molar-refractivity contribution in [3.8, 4) is 22.5 Å². The molecule has 0 fully saturated rings. The third kappa shape index (κ3) is 4.59. The average molecular weight is 389 g/mol. The maximum absolute atomic E-state index is 11.0. The van der Waals surface area contributed by atoms with Crippen molar-refractivity contribution < 1.29 is 17.3 Å². The van der Waals surface area contributed by atoms with E-state index >= 15 is 0 Å². The Morgan fingerprint density at radius 3 is 1.65 bits per heavy atom. The highest BCUT2D eigenvalue weighted by molar-refractivity contribution is 8.13. The number of hydrogen-bond donors (Lipinski definition) is 0. The van der Waals surface area contributed by atoms with E-state index in [2.05, 4.69) is 9.97 Å². The SMILES string of the molecule is O=S(=O)(Cl)c1ccc(-c2cocn2)cc1.c1ccc(-c2cocn2)cc1. The van der Waals surface area contributed by atoms with Crippen LogP contribution in [0.1, 0.15) is 0 Å². The lowest BCUT2D eigenvalue weighted by Gasteiger charge is -1.97. The van der Waals surface area contributed by atoms with Crippen molar-refractivity contribution >= 4 is 19.7 Å². The van der Waals surface area contributed by atoms with Gasteiger partial charge in [0, 0.05) is 21.8 Å². The summed E-state index contributed by atoms with van der Waals surface area (Å²) in [5, 5.41) is 0. The summed E-state index contributed by atoms with van der Waals surface area (Å²) in [4.78, 5) is 8.02. The first-order valence-corrected chi connectivity index (χ1v) is 9.72. The van der Waals surface area contributed by atoms with Gasteiger partial charge in [0.1, 0.15) is 23.9 Å². The topological polar surface area (TPSA) is 86.2 Å². The van der Waals surface area contributed by atoms with Crippen molar-refractivity contribution in [2.75, 3.05) is 0 Å². The molecule has 2 aromatic heterocycles. The van der Waals surface area contributed by atoms with E-state index in [1.807, 2.05) is 30.3 Å². The van der Waals surface area contributed by atoms with E-state index in [9.17, 15) is 8.42 Å². The van der Waals surface area contributed by atoms with E-state index in [-0.39, 0.29) is 4.90 Å². The van der Waals surface area contributed by atoms with Gasteiger partial charge in [-0.25, -0.2) is 18.4 Å². The third-order valence-electron chi connectivity index (χ3n) is 3.37. The van der Waals surface area contributed by atoms with E-state index in [0.29, 0.717) is 5.69 Å². The number of hydrogen-bond acceptors (Lipinski definition) is 6. The monoisotopic (exact) mass is 388 g/mol. The summed E-state index contributed by atoms with van der Waals surface area (Å²) in [5.74, 6) is 0. The smallest absolute Gasteiger partial charge is 0.261 e. The van der Waals surface area contributed by atoms with Gasteiger partial charge in [0.15, 0.2) is 12.8 Å². The van der Waals surface area contributed by atoms with Gasteiger partial charge < -0.3 is 8.83 Å². The fourth-order valence-corrected chi connectivity index (χ4v) is 2.88. The Labute approximate surface area is 154 Å². The lowest BCUT2D eigenvalue weighted by molar-refractivity contribution is 0.558. The van der Waals surface area contributed by atoms with Gasteiger partial charge in [-0.1, -0.05) is 42.5 Å². The van der Waals surface area contributed by atoms with Gasteiger partial charge >= 0.3 is 0 Å². The van der Waals surface area contributed by atoms with Crippen molar-refractivity contribution in [3.63, 3.8) is 0 Å². The molecule has 0 atom stereocenters. The minimum Gasteiger partial charge on any atom is -0.451 e. The van der Waals surface area contributed by atoms with Crippen LogP contribution in [0.4, 0.5) is 0 Å². The molecule has 0 aliphatic carbocycles. The number of aromatic nitrogens is 2. The fraction of sp³-hybridized carbons (Fsp3) is 0. The molecule has 0 saturated carbocycles. The lowest BCUT2D eigenvalue weighted by Crippen LogP contribution is -1.89. The third-order valence-corrected chi connectivity index (χ3v) is 4.74. The molecule has 0 aliphatic heterocycles. The second-order valence-corrected chi connectivity index (χ2v) is 7.64.